The topological polar surface area (TPSA) is 108 Å². The minimum Gasteiger partial charge on any atom is -0.756 e. The number of quaternary nitrogens is 1. The molecule has 8 nitrogen and oxygen atoms in total. The van der Waals surface area contributed by atoms with Gasteiger partial charge in [0.2, 0.25) is 5.91 Å². The van der Waals surface area contributed by atoms with Crippen molar-refractivity contribution < 1.29 is 32.9 Å². The van der Waals surface area contributed by atoms with Crippen LogP contribution in [-0.2, 0) is 18.4 Å². The molecule has 0 aliphatic rings. The summed E-state index contributed by atoms with van der Waals surface area (Å²) in [4.78, 5) is 25.3. The van der Waals surface area contributed by atoms with Crippen LogP contribution in [0.1, 0.15) is 181 Å². The maximum Gasteiger partial charge on any atom is 0.268 e. The van der Waals surface area contributed by atoms with E-state index >= 15 is 0 Å². The van der Waals surface area contributed by atoms with Gasteiger partial charge in [0, 0.05) is 6.42 Å². The number of amides is 1. The lowest BCUT2D eigenvalue weighted by atomic mass is 10.0. The Labute approximate surface area is 381 Å². The number of carbonyl (C=O) groups is 1. The highest BCUT2D eigenvalue weighted by atomic mass is 31.2. The van der Waals surface area contributed by atoms with Crippen molar-refractivity contribution in [3.63, 3.8) is 0 Å². The molecule has 0 bridgehead atoms. The van der Waals surface area contributed by atoms with Crippen LogP contribution in [0.3, 0.4) is 0 Å². The van der Waals surface area contributed by atoms with Crippen molar-refractivity contribution in [3.8, 4) is 0 Å². The standard InChI is InChI=1S/C53H93N2O6P/c1-6-8-10-12-14-16-18-20-22-24-26-27-29-30-32-34-36-38-40-42-44-46-52(56)51(50-61-62(58,59)60-49-48-55(3,4)5)54-53(57)47-45-43-41-39-37-35-33-31-28-25-23-21-19-17-15-13-11-9-7-2/h9,11,15,17,21,23,28,31,35-38,41,43-44,46,51-52,56H,6-8,10,12-14,16,18-20,22,24-27,29-30,32-34,39-40,42,45,47-50H2,1-5H3,(H-,54,57,58,59)/b11-9-,17-15-,23-21-,31-28-,37-35-,38-36+,43-41-,46-44+. The fraction of sp³-hybridized carbons (Fsp3) is 0.679. The predicted octanol–water partition coefficient (Wildman–Crippen LogP) is 13.7. The Kier molecular flexibility index (Phi) is 41.8. The Morgan fingerprint density at radius 3 is 1.48 bits per heavy atom. The van der Waals surface area contributed by atoms with Gasteiger partial charge in [0.1, 0.15) is 13.2 Å². The van der Waals surface area contributed by atoms with Crippen molar-refractivity contribution in [1.82, 2.24) is 5.32 Å². The smallest absolute Gasteiger partial charge is 0.268 e. The second-order valence-electron chi connectivity index (χ2n) is 17.4. The second kappa shape index (κ2) is 43.7. The van der Waals surface area contributed by atoms with E-state index in [1.54, 1.807) is 6.08 Å². The summed E-state index contributed by atoms with van der Waals surface area (Å²) in [5, 5.41) is 13.7. The van der Waals surface area contributed by atoms with E-state index < -0.39 is 26.6 Å². The van der Waals surface area contributed by atoms with Gasteiger partial charge in [-0.25, -0.2) is 0 Å². The average Bonchev–Trinajstić information content (AvgIpc) is 3.23. The SMILES string of the molecule is CC/C=C\C/C=C\C/C=C\C/C=C\C/C=C\C/C=C\CCC(=O)NC(COP(=O)([O-])OCC[N+](C)(C)C)C(O)/C=C/CC/C=C/CCCCCCCCCCCCCCCCC. The normalized spacial score (nSPS) is 15.0. The van der Waals surface area contributed by atoms with Gasteiger partial charge in [-0.05, 0) is 70.6 Å². The van der Waals surface area contributed by atoms with Crippen molar-refractivity contribution in [2.24, 2.45) is 0 Å². The molecule has 3 atom stereocenters. The molecule has 9 heteroatoms. The quantitative estimate of drug-likeness (QED) is 0.0273. The summed E-state index contributed by atoms with van der Waals surface area (Å²) in [5.74, 6) is -0.293. The monoisotopic (exact) mass is 885 g/mol. The Morgan fingerprint density at radius 2 is 1.00 bits per heavy atom. The summed E-state index contributed by atoms with van der Waals surface area (Å²) in [6.07, 6.45) is 62.0. The van der Waals surface area contributed by atoms with E-state index in [2.05, 4.69) is 92.1 Å². The minimum atomic E-state index is -4.63. The van der Waals surface area contributed by atoms with Crippen LogP contribution < -0.4 is 10.2 Å². The number of rotatable bonds is 43. The molecular weight excluding hydrogens is 792 g/mol. The lowest BCUT2D eigenvalue weighted by Crippen LogP contribution is -2.45. The highest BCUT2D eigenvalue weighted by Gasteiger charge is 2.23. The van der Waals surface area contributed by atoms with Crippen LogP contribution in [-0.4, -0.2) is 68.5 Å². The zero-order chi connectivity index (χ0) is 45.7. The molecule has 0 aliphatic carbocycles. The first-order chi connectivity index (χ1) is 30.0. The molecule has 62 heavy (non-hydrogen) atoms. The fourth-order valence-electron chi connectivity index (χ4n) is 6.43. The summed E-state index contributed by atoms with van der Waals surface area (Å²) in [7, 11) is 1.18. The maximum atomic E-state index is 12.9. The van der Waals surface area contributed by atoms with Crippen LogP contribution in [0.4, 0.5) is 0 Å². The van der Waals surface area contributed by atoms with E-state index in [0.717, 1.165) is 57.8 Å². The number of aliphatic hydroxyl groups is 1. The van der Waals surface area contributed by atoms with Gasteiger partial charge in [-0.1, -0.05) is 201 Å². The third-order valence-electron chi connectivity index (χ3n) is 10.3. The molecule has 0 saturated heterocycles. The van der Waals surface area contributed by atoms with Crippen LogP contribution in [0.25, 0.3) is 0 Å². The summed E-state index contributed by atoms with van der Waals surface area (Å²) in [6, 6.07) is -0.950. The lowest BCUT2D eigenvalue weighted by molar-refractivity contribution is -0.870. The molecule has 0 aliphatic heterocycles. The van der Waals surface area contributed by atoms with Gasteiger partial charge in [-0.15, -0.1) is 0 Å². The number of aliphatic hydroxyl groups excluding tert-OH is 1. The average molecular weight is 885 g/mol. The number of nitrogens with one attached hydrogen (secondary N) is 1. The zero-order valence-corrected chi connectivity index (χ0v) is 41.2. The predicted molar refractivity (Wildman–Crippen MR) is 265 cm³/mol. The number of nitrogens with zero attached hydrogens (tertiary/aromatic N) is 1. The molecule has 0 spiro atoms. The Balaban J connectivity index is 4.54. The van der Waals surface area contributed by atoms with Crippen LogP contribution >= 0.6 is 7.82 Å². The number of likely N-dealkylation sites (N-methyl/N-ethyl adjacent to an activating group) is 1. The molecule has 0 saturated carbocycles. The van der Waals surface area contributed by atoms with Crippen molar-refractivity contribution in [3.05, 3.63) is 97.2 Å². The van der Waals surface area contributed by atoms with Gasteiger partial charge in [0.05, 0.1) is 39.9 Å². The van der Waals surface area contributed by atoms with Gasteiger partial charge in [-0.3, -0.25) is 9.36 Å². The molecule has 3 unspecified atom stereocenters. The number of unbranched alkanes of at least 4 members (excludes halogenated alkanes) is 16. The van der Waals surface area contributed by atoms with Crippen LogP contribution in [0.5, 0.6) is 0 Å². The van der Waals surface area contributed by atoms with Crippen molar-refractivity contribution in [2.75, 3.05) is 40.9 Å². The molecule has 0 rings (SSSR count). The molecule has 0 radical (unpaired) electrons. The number of carbonyl (C=O) groups excluding carboxylic acids is 1. The van der Waals surface area contributed by atoms with Gasteiger partial charge in [0.25, 0.3) is 7.82 Å². The number of allylic oxidation sites excluding steroid dienone is 15. The highest BCUT2D eigenvalue weighted by Crippen LogP contribution is 2.38. The van der Waals surface area contributed by atoms with Gasteiger partial charge >= 0.3 is 0 Å². The third-order valence-corrected chi connectivity index (χ3v) is 11.3. The minimum absolute atomic E-state index is 0.0251. The van der Waals surface area contributed by atoms with Crippen molar-refractivity contribution >= 4 is 13.7 Å². The van der Waals surface area contributed by atoms with Crippen LogP contribution in [0.2, 0.25) is 0 Å². The molecule has 0 aromatic heterocycles. The van der Waals surface area contributed by atoms with E-state index in [1.807, 2.05) is 39.4 Å². The van der Waals surface area contributed by atoms with Crippen LogP contribution in [0.15, 0.2) is 97.2 Å². The molecule has 0 aromatic rings. The summed E-state index contributed by atoms with van der Waals surface area (Å²) in [6.45, 7) is 4.44. The lowest BCUT2D eigenvalue weighted by Gasteiger charge is -2.29. The Hall–Kier alpha value is -2.58. The summed E-state index contributed by atoms with van der Waals surface area (Å²) >= 11 is 0. The molecule has 356 valence electrons. The van der Waals surface area contributed by atoms with Gasteiger partial charge in [-0.2, -0.15) is 0 Å². The molecule has 0 heterocycles. The first-order valence-electron chi connectivity index (χ1n) is 24.6. The summed E-state index contributed by atoms with van der Waals surface area (Å²) in [5.41, 5.74) is 0. The maximum absolute atomic E-state index is 12.9. The van der Waals surface area contributed by atoms with E-state index in [1.165, 1.54) is 96.3 Å². The second-order valence-corrected chi connectivity index (χ2v) is 18.8. The number of phosphoric acid groups is 1. The first kappa shape index (κ1) is 59.4. The summed E-state index contributed by atoms with van der Waals surface area (Å²) < 4.78 is 23.2. The van der Waals surface area contributed by atoms with Gasteiger partial charge < -0.3 is 28.8 Å². The molecular formula is C53H93N2O6P. The van der Waals surface area contributed by atoms with E-state index in [9.17, 15) is 19.4 Å². The first-order valence-corrected chi connectivity index (χ1v) is 26.1. The van der Waals surface area contributed by atoms with E-state index in [-0.39, 0.29) is 18.9 Å². The van der Waals surface area contributed by atoms with E-state index in [0.29, 0.717) is 17.4 Å². The molecule has 0 aromatic carbocycles. The largest absolute Gasteiger partial charge is 0.756 e. The Morgan fingerprint density at radius 1 is 0.581 bits per heavy atom. The van der Waals surface area contributed by atoms with Crippen molar-refractivity contribution in [1.29, 1.82) is 0 Å². The Bertz CT molecular complexity index is 1330. The fourth-order valence-corrected chi connectivity index (χ4v) is 7.15. The molecule has 2 N–H and O–H groups in total. The third kappa shape index (κ3) is 45.4. The number of phosphoric ester groups is 1. The molecule has 0 fully saturated rings. The number of hydrogen-bond acceptors (Lipinski definition) is 6. The van der Waals surface area contributed by atoms with Gasteiger partial charge in [0.15, 0.2) is 0 Å². The van der Waals surface area contributed by atoms with E-state index in [4.69, 9.17) is 9.05 Å². The van der Waals surface area contributed by atoms with Crippen LogP contribution in [0, 0.1) is 0 Å². The highest BCUT2D eigenvalue weighted by molar-refractivity contribution is 7.45. The van der Waals surface area contributed by atoms with Crippen molar-refractivity contribution in [2.45, 2.75) is 193 Å². The zero-order valence-electron chi connectivity index (χ0n) is 40.3. The number of hydrogen-bond donors (Lipinski definition) is 2. The molecule has 1 amide bonds.